The Morgan fingerprint density at radius 3 is 2.93 bits per heavy atom. The Morgan fingerprint density at radius 2 is 2.20 bits per heavy atom. The maximum absolute atomic E-state index is 5.18. The van der Waals surface area contributed by atoms with Crippen LogP contribution < -0.4 is 5.32 Å². The standard InChI is InChI=1S/C10H15N3OS/c1-2-6-15-8(3-1)9-12-10(14-13-9)11-7-4-5-7/h7-8H,1-6H2,(H,11,12,13). The molecule has 2 fully saturated rings. The highest BCUT2D eigenvalue weighted by atomic mass is 32.2. The molecule has 2 aliphatic rings. The van der Waals surface area contributed by atoms with Gasteiger partial charge in [0.05, 0.1) is 5.25 Å². The van der Waals surface area contributed by atoms with E-state index < -0.39 is 0 Å². The van der Waals surface area contributed by atoms with Crippen molar-refractivity contribution in [2.45, 2.75) is 43.4 Å². The van der Waals surface area contributed by atoms with Crippen LogP contribution in [0.3, 0.4) is 0 Å². The van der Waals surface area contributed by atoms with E-state index in [1.54, 1.807) is 0 Å². The van der Waals surface area contributed by atoms with Crippen LogP contribution in [0.1, 0.15) is 43.2 Å². The monoisotopic (exact) mass is 225 g/mol. The van der Waals surface area contributed by atoms with E-state index in [9.17, 15) is 0 Å². The molecular weight excluding hydrogens is 210 g/mol. The molecule has 5 heteroatoms. The molecular formula is C10H15N3OS. The van der Waals surface area contributed by atoms with E-state index in [1.165, 1.54) is 37.9 Å². The van der Waals surface area contributed by atoms with Crippen molar-refractivity contribution in [2.75, 3.05) is 11.1 Å². The first kappa shape index (κ1) is 9.51. The zero-order valence-electron chi connectivity index (χ0n) is 8.61. The molecule has 0 spiro atoms. The normalized spacial score (nSPS) is 26.5. The van der Waals surface area contributed by atoms with Crippen molar-refractivity contribution in [3.8, 4) is 0 Å². The predicted octanol–water partition coefficient (Wildman–Crippen LogP) is 2.60. The van der Waals surface area contributed by atoms with E-state index in [0.717, 1.165) is 5.82 Å². The summed E-state index contributed by atoms with van der Waals surface area (Å²) in [6, 6.07) is 1.19. The summed E-state index contributed by atoms with van der Waals surface area (Å²) in [4.78, 5) is 4.40. The van der Waals surface area contributed by atoms with Crippen molar-refractivity contribution in [2.24, 2.45) is 0 Å². The molecule has 1 atom stereocenters. The molecule has 2 heterocycles. The zero-order chi connectivity index (χ0) is 10.1. The first-order valence-corrected chi connectivity index (χ1v) is 6.68. The lowest BCUT2D eigenvalue weighted by molar-refractivity contribution is 0.419. The van der Waals surface area contributed by atoms with Gasteiger partial charge >= 0.3 is 6.01 Å². The van der Waals surface area contributed by atoms with Gasteiger partial charge in [-0.25, -0.2) is 0 Å². The van der Waals surface area contributed by atoms with E-state index in [-0.39, 0.29) is 0 Å². The third-order valence-electron chi connectivity index (χ3n) is 2.81. The second kappa shape index (κ2) is 4.04. The number of hydrogen-bond donors (Lipinski definition) is 1. The largest absolute Gasteiger partial charge is 0.335 e. The topological polar surface area (TPSA) is 51.0 Å². The number of rotatable bonds is 3. The number of hydrogen-bond acceptors (Lipinski definition) is 5. The number of aromatic nitrogens is 2. The molecule has 0 bridgehead atoms. The summed E-state index contributed by atoms with van der Waals surface area (Å²) in [5, 5.41) is 7.73. The summed E-state index contributed by atoms with van der Waals surface area (Å²) < 4.78 is 5.18. The SMILES string of the molecule is C1CCC(c2noc(NC3CC3)n2)SC1. The Balaban J connectivity index is 1.65. The Kier molecular flexibility index (Phi) is 2.56. The molecule has 3 rings (SSSR count). The highest BCUT2D eigenvalue weighted by Gasteiger charge is 2.25. The van der Waals surface area contributed by atoms with Crippen LogP contribution in [0.5, 0.6) is 0 Å². The first-order chi connectivity index (χ1) is 7.42. The van der Waals surface area contributed by atoms with Gasteiger partial charge in [0.15, 0.2) is 5.82 Å². The summed E-state index contributed by atoms with van der Waals surface area (Å²) in [6.45, 7) is 0. The fraction of sp³-hybridized carbons (Fsp3) is 0.800. The summed E-state index contributed by atoms with van der Waals surface area (Å²) in [6.07, 6.45) is 6.27. The number of thioether (sulfide) groups is 1. The van der Waals surface area contributed by atoms with Crippen molar-refractivity contribution in [3.63, 3.8) is 0 Å². The molecule has 4 nitrogen and oxygen atoms in total. The van der Waals surface area contributed by atoms with Crippen LogP contribution in [0.4, 0.5) is 6.01 Å². The van der Waals surface area contributed by atoms with Gasteiger partial charge in [-0.05, 0) is 31.4 Å². The van der Waals surface area contributed by atoms with Gasteiger partial charge in [0.25, 0.3) is 0 Å². The van der Waals surface area contributed by atoms with Crippen LogP contribution in [0.2, 0.25) is 0 Å². The lowest BCUT2D eigenvalue weighted by Crippen LogP contribution is -2.05. The van der Waals surface area contributed by atoms with E-state index in [4.69, 9.17) is 4.52 Å². The highest BCUT2D eigenvalue weighted by molar-refractivity contribution is 7.99. The Labute approximate surface area is 93.2 Å². The second-order valence-corrected chi connectivity index (χ2v) is 5.54. The zero-order valence-corrected chi connectivity index (χ0v) is 9.42. The maximum atomic E-state index is 5.18. The first-order valence-electron chi connectivity index (χ1n) is 5.63. The Morgan fingerprint density at radius 1 is 1.27 bits per heavy atom. The molecule has 0 radical (unpaired) electrons. The fourth-order valence-corrected chi connectivity index (χ4v) is 3.00. The molecule has 1 saturated carbocycles. The average Bonchev–Trinajstić information content (AvgIpc) is 2.96. The van der Waals surface area contributed by atoms with Gasteiger partial charge in [-0.15, -0.1) is 0 Å². The molecule has 1 aromatic rings. The van der Waals surface area contributed by atoms with Crippen molar-refractivity contribution >= 4 is 17.8 Å². The molecule has 82 valence electrons. The lowest BCUT2D eigenvalue weighted by atomic mass is 10.2. The van der Waals surface area contributed by atoms with Crippen molar-refractivity contribution in [3.05, 3.63) is 5.82 Å². The average molecular weight is 225 g/mol. The van der Waals surface area contributed by atoms with E-state index in [0.29, 0.717) is 17.3 Å². The van der Waals surface area contributed by atoms with Crippen LogP contribution in [-0.2, 0) is 0 Å². The minimum absolute atomic E-state index is 0.456. The van der Waals surface area contributed by atoms with E-state index in [2.05, 4.69) is 15.5 Å². The van der Waals surface area contributed by atoms with Gasteiger partial charge in [-0.3, -0.25) is 0 Å². The summed E-state index contributed by atoms with van der Waals surface area (Å²) >= 11 is 1.95. The predicted molar refractivity (Wildman–Crippen MR) is 60.0 cm³/mol. The van der Waals surface area contributed by atoms with Crippen LogP contribution >= 0.6 is 11.8 Å². The third kappa shape index (κ3) is 2.27. The lowest BCUT2D eigenvalue weighted by Gasteiger charge is -2.17. The smallest absolute Gasteiger partial charge is 0.321 e. The van der Waals surface area contributed by atoms with Crippen LogP contribution in [-0.4, -0.2) is 21.9 Å². The molecule has 15 heavy (non-hydrogen) atoms. The molecule has 0 aromatic carbocycles. The van der Waals surface area contributed by atoms with Gasteiger partial charge in [0.1, 0.15) is 0 Å². The molecule has 1 saturated heterocycles. The minimum Gasteiger partial charge on any atom is -0.335 e. The summed E-state index contributed by atoms with van der Waals surface area (Å²) in [5.74, 6) is 2.10. The van der Waals surface area contributed by atoms with Gasteiger partial charge in [0, 0.05) is 6.04 Å². The van der Waals surface area contributed by atoms with Crippen molar-refractivity contribution < 1.29 is 4.52 Å². The maximum Gasteiger partial charge on any atom is 0.321 e. The minimum atomic E-state index is 0.456. The van der Waals surface area contributed by atoms with Crippen molar-refractivity contribution in [1.82, 2.24) is 10.1 Å². The van der Waals surface area contributed by atoms with E-state index >= 15 is 0 Å². The number of nitrogens with zero attached hydrogens (tertiary/aromatic N) is 2. The third-order valence-corrected chi connectivity index (χ3v) is 4.19. The summed E-state index contributed by atoms with van der Waals surface area (Å²) in [5.41, 5.74) is 0. The van der Waals surface area contributed by atoms with Gasteiger partial charge in [-0.1, -0.05) is 11.6 Å². The second-order valence-electron chi connectivity index (χ2n) is 4.23. The quantitative estimate of drug-likeness (QED) is 0.857. The molecule has 1 N–H and O–H groups in total. The Hall–Kier alpha value is -0.710. The summed E-state index contributed by atoms with van der Waals surface area (Å²) in [7, 11) is 0. The number of anilines is 1. The van der Waals surface area contributed by atoms with Gasteiger partial charge < -0.3 is 9.84 Å². The molecule has 1 unspecified atom stereocenters. The highest BCUT2D eigenvalue weighted by Crippen LogP contribution is 2.37. The Bertz CT molecular complexity index is 331. The van der Waals surface area contributed by atoms with Gasteiger partial charge in [-0.2, -0.15) is 16.7 Å². The van der Waals surface area contributed by atoms with Crippen LogP contribution in [0, 0.1) is 0 Å². The molecule has 1 aliphatic carbocycles. The molecule has 0 amide bonds. The molecule has 1 aromatic heterocycles. The van der Waals surface area contributed by atoms with Crippen LogP contribution in [0.15, 0.2) is 4.52 Å². The van der Waals surface area contributed by atoms with E-state index in [1.807, 2.05) is 11.8 Å². The van der Waals surface area contributed by atoms with Gasteiger partial charge in [0.2, 0.25) is 0 Å². The fourth-order valence-electron chi connectivity index (χ4n) is 1.77. The number of nitrogens with one attached hydrogen (secondary N) is 1. The molecule has 1 aliphatic heterocycles. The van der Waals surface area contributed by atoms with Crippen molar-refractivity contribution in [1.29, 1.82) is 0 Å². The van der Waals surface area contributed by atoms with Crippen LogP contribution in [0.25, 0.3) is 0 Å².